The zero-order chi connectivity index (χ0) is 13.2. The zero-order valence-corrected chi connectivity index (χ0v) is 11.7. The van der Waals surface area contributed by atoms with Crippen molar-refractivity contribution in [3.05, 3.63) is 11.9 Å². The second-order valence-corrected chi connectivity index (χ2v) is 5.66. The first kappa shape index (κ1) is 13.0. The van der Waals surface area contributed by atoms with E-state index in [0.717, 1.165) is 45.0 Å². The monoisotopic (exact) mass is 266 g/mol. The third kappa shape index (κ3) is 3.13. The molecule has 2 fully saturated rings. The second kappa shape index (κ2) is 5.56. The molecule has 6 heteroatoms. The Balaban J connectivity index is 1.60. The van der Waals surface area contributed by atoms with E-state index in [0.29, 0.717) is 18.2 Å². The first-order chi connectivity index (χ1) is 9.20. The van der Waals surface area contributed by atoms with Crippen LogP contribution in [0.1, 0.15) is 32.0 Å². The number of rotatable bonds is 3. The summed E-state index contributed by atoms with van der Waals surface area (Å²) in [5.74, 6) is 0. The van der Waals surface area contributed by atoms with Gasteiger partial charge in [-0.3, -0.25) is 4.90 Å². The van der Waals surface area contributed by atoms with Crippen molar-refractivity contribution in [3.8, 4) is 0 Å². The van der Waals surface area contributed by atoms with Crippen LogP contribution in [0.4, 0.5) is 0 Å². The fraction of sp³-hybridized carbons (Fsp3) is 0.846. The van der Waals surface area contributed by atoms with Gasteiger partial charge in [-0.05, 0) is 20.3 Å². The highest BCUT2D eigenvalue weighted by Gasteiger charge is 2.24. The highest BCUT2D eigenvalue weighted by atomic mass is 16.5. The molecule has 3 heterocycles. The van der Waals surface area contributed by atoms with Crippen LogP contribution in [0.25, 0.3) is 0 Å². The van der Waals surface area contributed by atoms with Crippen molar-refractivity contribution in [2.75, 3.05) is 26.3 Å². The van der Waals surface area contributed by atoms with E-state index < -0.39 is 0 Å². The highest BCUT2D eigenvalue weighted by Crippen LogP contribution is 2.18. The third-order valence-electron chi connectivity index (χ3n) is 3.72. The average molecular weight is 266 g/mol. The Morgan fingerprint density at radius 2 is 2.11 bits per heavy atom. The van der Waals surface area contributed by atoms with Crippen molar-refractivity contribution < 1.29 is 9.47 Å². The van der Waals surface area contributed by atoms with Crippen LogP contribution in [-0.4, -0.2) is 58.4 Å². The van der Waals surface area contributed by atoms with Crippen LogP contribution in [0.15, 0.2) is 6.20 Å². The van der Waals surface area contributed by atoms with Crippen LogP contribution in [0.2, 0.25) is 0 Å². The maximum atomic E-state index is 5.74. The van der Waals surface area contributed by atoms with Crippen LogP contribution in [-0.2, 0) is 16.0 Å². The summed E-state index contributed by atoms with van der Waals surface area (Å²) in [5, 5.41) is 8.51. The minimum absolute atomic E-state index is 0.294. The Morgan fingerprint density at radius 3 is 2.79 bits per heavy atom. The standard InChI is InChI=1S/C13H22N4O2/c1-10-5-16(6-11(2)19-10)7-12-8-17(15-14-12)13-3-4-18-9-13/h8,10-11,13H,3-7,9H2,1-2H3/t10-,11+,13-/m1/s1. The molecule has 2 aliphatic heterocycles. The second-order valence-electron chi connectivity index (χ2n) is 5.66. The van der Waals surface area contributed by atoms with Crippen LogP contribution in [0.3, 0.4) is 0 Å². The minimum atomic E-state index is 0.294. The summed E-state index contributed by atoms with van der Waals surface area (Å²) in [7, 11) is 0. The molecular formula is C13H22N4O2. The molecule has 1 aromatic heterocycles. The molecule has 0 spiro atoms. The summed E-state index contributed by atoms with van der Waals surface area (Å²) in [6, 6.07) is 0.365. The Morgan fingerprint density at radius 1 is 1.32 bits per heavy atom. The molecule has 0 aliphatic carbocycles. The van der Waals surface area contributed by atoms with Gasteiger partial charge < -0.3 is 9.47 Å². The van der Waals surface area contributed by atoms with Gasteiger partial charge in [-0.1, -0.05) is 5.21 Å². The summed E-state index contributed by atoms with van der Waals surface area (Å²) in [6.07, 6.45) is 3.68. The SMILES string of the molecule is C[C@@H]1CN(Cc2cn([C@@H]3CCOC3)nn2)C[C@H](C)O1. The van der Waals surface area contributed by atoms with Crippen molar-refractivity contribution in [2.45, 2.75) is 45.1 Å². The third-order valence-corrected chi connectivity index (χ3v) is 3.72. The molecule has 0 unspecified atom stereocenters. The fourth-order valence-electron chi connectivity index (χ4n) is 2.94. The van der Waals surface area contributed by atoms with Gasteiger partial charge in [-0.25, -0.2) is 4.68 Å². The quantitative estimate of drug-likeness (QED) is 0.812. The number of nitrogens with zero attached hydrogens (tertiary/aromatic N) is 4. The molecule has 1 aromatic rings. The van der Waals surface area contributed by atoms with Crippen molar-refractivity contribution in [2.24, 2.45) is 0 Å². The van der Waals surface area contributed by atoms with Crippen molar-refractivity contribution >= 4 is 0 Å². The van der Waals surface area contributed by atoms with E-state index in [9.17, 15) is 0 Å². The van der Waals surface area contributed by atoms with E-state index in [1.807, 2.05) is 4.68 Å². The molecular weight excluding hydrogens is 244 g/mol. The normalized spacial score (nSPS) is 32.8. The van der Waals surface area contributed by atoms with Crippen molar-refractivity contribution in [3.63, 3.8) is 0 Å². The molecule has 106 valence electrons. The van der Waals surface area contributed by atoms with Gasteiger partial charge in [0.1, 0.15) is 0 Å². The first-order valence-electron chi connectivity index (χ1n) is 7.07. The molecule has 0 radical (unpaired) electrons. The lowest BCUT2D eigenvalue weighted by molar-refractivity contribution is -0.0707. The average Bonchev–Trinajstić information content (AvgIpc) is 2.96. The van der Waals surface area contributed by atoms with E-state index in [-0.39, 0.29) is 0 Å². The summed E-state index contributed by atoms with van der Waals surface area (Å²) in [4.78, 5) is 2.39. The topological polar surface area (TPSA) is 52.4 Å². The predicted octanol–water partition coefficient (Wildman–Crippen LogP) is 0.849. The highest BCUT2D eigenvalue weighted by molar-refractivity contribution is 4.95. The molecule has 0 bridgehead atoms. The molecule has 19 heavy (non-hydrogen) atoms. The smallest absolute Gasteiger partial charge is 0.0967 e. The summed E-state index contributed by atoms with van der Waals surface area (Å²) < 4.78 is 13.1. The molecule has 0 N–H and O–H groups in total. The predicted molar refractivity (Wildman–Crippen MR) is 69.8 cm³/mol. The van der Waals surface area contributed by atoms with Crippen molar-refractivity contribution in [1.82, 2.24) is 19.9 Å². The zero-order valence-electron chi connectivity index (χ0n) is 11.7. The Kier molecular flexibility index (Phi) is 3.81. The molecule has 2 saturated heterocycles. The molecule has 0 saturated carbocycles. The van der Waals surface area contributed by atoms with E-state index >= 15 is 0 Å². The van der Waals surface area contributed by atoms with Gasteiger partial charge in [-0.15, -0.1) is 5.10 Å². The van der Waals surface area contributed by atoms with Crippen LogP contribution in [0.5, 0.6) is 0 Å². The van der Waals surface area contributed by atoms with E-state index in [4.69, 9.17) is 9.47 Å². The number of morpholine rings is 1. The van der Waals surface area contributed by atoms with Crippen molar-refractivity contribution in [1.29, 1.82) is 0 Å². The number of hydrogen-bond acceptors (Lipinski definition) is 5. The van der Waals surface area contributed by atoms with Crippen LogP contribution < -0.4 is 0 Å². The maximum Gasteiger partial charge on any atom is 0.0967 e. The van der Waals surface area contributed by atoms with Gasteiger partial charge >= 0.3 is 0 Å². The largest absolute Gasteiger partial charge is 0.379 e. The number of hydrogen-bond donors (Lipinski definition) is 0. The molecule has 3 atom stereocenters. The Bertz CT molecular complexity index is 407. The number of aromatic nitrogens is 3. The Hall–Kier alpha value is -0.980. The van der Waals surface area contributed by atoms with Crippen LogP contribution >= 0.6 is 0 Å². The summed E-state index contributed by atoms with van der Waals surface area (Å²) in [5.41, 5.74) is 1.04. The number of ether oxygens (including phenoxy) is 2. The van der Waals surface area contributed by atoms with Gasteiger partial charge in [0.2, 0.25) is 0 Å². The van der Waals surface area contributed by atoms with Gasteiger partial charge in [0.15, 0.2) is 0 Å². The van der Waals surface area contributed by atoms with Gasteiger partial charge in [-0.2, -0.15) is 0 Å². The molecule has 6 nitrogen and oxygen atoms in total. The van der Waals surface area contributed by atoms with E-state index in [1.165, 1.54) is 0 Å². The lowest BCUT2D eigenvalue weighted by atomic mass is 10.2. The van der Waals surface area contributed by atoms with Crippen LogP contribution in [0, 0.1) is 0 Å². The van der Waals surface area contributed by atoms with Gasteiger partial charge in [0, 0.05) is 26.2 Å². The van der Waals surface area contributed by atoms with E-state index in [1.54, 1.807) is 0 Å². The molecule has 2 aliphatic rings. The van der Waals surface area contributed by atoms with Gasteiger partial charge in [0.05, 0.1) is 36.7 Å². The molecule has 0 amide bonds. The summed E-state index contributed by atoms with van der Waals surface area (Å²) in [6.45, 7) is 8.61. The molecule has 0 aromatic carbocycles. The maximum absolute atomic E-state index is 5.74. The fourth-order valence-corrected chi connectivity index (χ4v) is 2.94. The minimum Gasteiger partial charge on any atom is -0.379 e. The summed E-state index contributed by atoms with van der Waals surface area (Å²) >= 11 is 0. The first-order valence-corrected chi connectivity index (χ1v) is 7.07. The lowest BCUT2D eigenvalue weighted by Crippen LogP contribution is -2.44. The Labute approximate surface area is 113 Å². The lowest BCUT2D eigenvalue weighted by Gasteiger charge is -2.34. The molecule has 3 rings (SSSR count). The van der Waals surface area contributed by atoms with E-state index in [2.05, 4.69) is 35.3 Å². The van der Waals surface area contributed by atoms with Gasteiger partial charge in [0.25, 0.3) is 0 Å².